The molecule has 0 radical (unpaired) electrons. The molecule has 3 aliphatic rings. The molecule has 0 bridgehead atoms. The van der Waals surface area contributed by atoms with E-state index in [1.165, 1.54) is 0 Å². The van der Waals surface area contributed by atoms with Gasteiger partial charge >= 0.3 is 0 Å². The number of methoxy groups -OCH3 is 1. The zero-order valence-electron chi connectivity index (χ0n) is 14.6. The first-order valence-electron chi connectivity index (χ1n) is 9.24. The highest BCUT2D eigenvalue weighted by Crippen LogP contribution is 2.37. The average molecular weight is 341 g/mol. The summed E-state index contributed by atoms with van der Waals surface area (Å²) in [5, 5.41) is 10.6. The van der Waals surface area contributed by atoms with Crippen LogP contribution in [-0.4, -0.2) is 74.6 Å². The second-order valence-corrected chi connectivity index (χ2v) is 6.92. The van der Waals surface area contributed by atoms with Crippen molar-refractivity contribution in [2.24, 2.45) is 5.92 Å². The normalized spacial score (nSPS) is 38.7. The topological polar surface area (TPSA) is 60.4 Å². The number of nitrogens with zero attached hydrogens (tertiary/aromatic N) is 1. The van der Waals surface area contributed by atoms with Gasteiger partial charge in [-0.1, -0.05) is 0 Å². The van der Waals surface area contributed by atoms with Gasteiger partial charge in [0.1, 0.15) is 0 Å². The smallest absolute Gasteiger partial charge is 0.158 e. The molecule has 2 heterocycles. The molecule has 0 aromatic heterocycles. The minimum Gasteiger partial charge on any atom is -0.505 e. The lowest BCUT2D eigenvalue weighted by Crippen LogP contribution is -2.51. The minimum absolute atomic E-state index is 0.0159. The van der Waals surface area contributed by atoms with Gasteiger partial charge in [0, 0.05) is 38.1 Å². The van der Waals surface area contributed by atoms with E-state index in [9.17, 15) is 5.11 Å². The summed E-state index contributed by atoms with van der Waals surface area (Å²) in [6.45, 7) is 4.07. The molecule has 138 valence electrons. The van der Waals surface area contributed by atoms with Crippen molar-refractivity contribution >= 4 is 0 Å². The predicted molar refractivity (Wildman–Crippen MR) is 89.5 cm³/mol. The monoisotopic (exact) mass is 341 g/mol. The molecule has 24 heavy (non-hydrogen) atoms. The molecular formula is C18H31NO5. The molecular weight excluding hydrogens is 310 g/mol. The molecule has 6 nitrogen and oxygen atoms in total. The lowest BCUT2D eigenvalue weighted by molar-refractivity contribution is -0.200. The van der Waals surface area contributed by atoms with Crippen molar-refractivity contribution in [3.05, 3.63) is 12.3 Å². The molecule has 2 saturated heterocycles. The highest BCUT2D eigenvalue weighted by Gasteiger charge is 2.46. The van der Waals surface area contributed by atoms with E-state index in [-0.39, 0.29) is 30.5 Å². The van der Waals surface area contributed by atoms with Gasteiger partial charge in [-0.2, -0.15) is 0 Å². The van der Waals surface area contributed by atoms with Crippen molar-refractivity contribution in [1.29, 1.82) is 0 Å². The summed E-state index contributed by atoms with van der Waals surface area (Å²) in [4.78, 5) is 2.43. The van der Waals surface area contributed by atoms with E-state index < -0.39 is 0 Å². The molecule has 0 aromatic rings. The summed E-state index contributed by atoms with van der Waals surface area (Å²) < 4.78 is 22.6. The first-order valence-corrected chi connectivity index (χ1v) is 9.24. The highest BCUT2D eigenvalue weighted by atomic mass is 16.7. The standard InChI is InChI=1S/C18H31NO5/c1-21-9-4-5-14-15(20)13-16(24-17-6-2-3-10-23-17)18(14)19-7-11-22-12-8-19/h4,9,14-18,20H,2-3,5-8,10-13H2,1H3. The minimum atomic E-state index is -0.354. The van der Waals surface area contributed by atoms with Crippen LogP contribution in [0, 0.1) is 5.92 Å². The second-order valence-electron chi connectivity index (χ2n) is 6.92. The van der Waals surface area contributed by atoms with E-state index in [1.807, 2.05) is 6.08 Å². The van der Waals surface area contributed by atoms with Gasteiger partial charge in [0.05, 0.1) is 38.8 Å². The average Bonchev–Trinajstić information content (AvgIpc) is 2.92. The number of rotatable bonds is 6. The molecule has 1 saturated carbocycles. The summed E-state index contributed by atoms with van der Waals surface area (Å²) in [5.41, 5.74) is 0. The molecule has 2 aliphatic heterocycles. The van der Waals surface area contributed by atoms with Crippen LogP contribution in [0.25, 0.3) is 0 Å². The summed E-state index contributed by atoms with van der Waals surface area (Å²) >= 11 is 0. The number of ether oxygens (including phenoxy) is 4. The first kappa shape index (κ1) is 18.1. The maximum absolute atomic E-state index is 10.6. The molecule has 0 amide bonds. The molecule has 1 N–H and O–H groups in total. The zero-order valence-corrected chi connectivity index (χ0v) is 14.6. The van der Waals surface area contributed by atoms with Crippen molar-refractivity contribution in [3.63, 3.8) is 0 Å². The summed E-state index contributed by atoms with van der Waals surface area (Å²) in [6, 6.07) is 0.205. The number of aliphatic hydroxyl groups is 1. The fourth-order valence-electron chi connectivity index (χ4n) is 4.19. The molecule has 5 unspecified atom stereocenters. The van der Waals surface area contributed by atoms with E-state index in [0.717, 1.165) is 58.6 Å². The van der Waals surface area contributed by atoms with Gasteiger partial charge in [0.15, 0.2) is 6.29 Å². The Balaban J connectivity index is 1.68. The SMILES string of the molecule is COC=CCC1C(O)CC(OC2CCCCO2)C1N1CCOCC1. The Bertz CT molecular complexity index is 393. The van der Waals surface area contributed by atoms with Crippen molar-refractivity contribution in [2.75, 3.05) is 40.0 Å². The Kier molecular flexibility index (Phi) is 6.92. The van der Waals surface area contributed by atoms with Gasteiger partial charge in [-0.25, -0.2) is 0 Å². The van der Waals surface area contributed by atoms with E-state index in [2.05, 4.69) is 4.90 Å². The van der Waals surface area contributed by atoms with Crippen LogP contribution in [0.15, 0.2) is 12.3 Å². The van der Waals surface area contributed by atoms with Crippen LogP contribution in [-0.2, 0) is 18.9 Å². The third-order valence-corrected chi connectivity index (χ3v) is 5.36. The van der Waals surface area contributed by atoms with Crippen LogP contribution in [0.4, 0.5) is 0 Å². The van der Waals surface area contributed by atoms with Crippen molar-refractivity contribution in [1.82, 2.24) is 4.90 Å². The number of hydrogen-bond donors (Lipinski definition) is 1. The van der Waals surface area contributed by atoms with E-state index >= 15 is 0 Å². The van der Waals surface area contributed by atoms with Crippen LogP contribution < -0.4 is 0 Å². The van der Waals surface area contributed by atoms with Gasteiger partial charge < -0.3 is 24.1 Å². The molecule has 0 aromatic carbocycles. The molecule has 6 heteroatoms. The predicted octanol–water partition coefficient (Wildman–Crippen LogP) is 1.53. The van der Waals surface area contributed by atoms with Gasteiger partial charge in [-0.3, -0.25) is 4.90 Å². The molecule has 1 aliphatic carbocycles. The second kappa shape index (κ2) is 9.15. The Hall–Kier alpha value is -0.660. The van der Waals surface area contributed by atoms with Gasteiger partial charge in [-0.15, -0.1) is 0 Å². The maximum atomic E-state index is 10.6. The van der Waals surface area contributed by atoms with Crippen LogP contribution in [0.1, 0.15) is 32.1 Å². The first-order chi connectivity index (χ1) is 11.8. The molecule has 5 atom stereocenters. The van der Waals surface area contributed by atoms with E-state index in [4.69, 9.17) is 18.9 Å². The Morgan fingerprint density at radius 3 is 2.75 bits per heavy atom. The van der Waals surface area contributed by atoms with E-state index in [1.54, 1.807) is 13.4 Å². The van der Waals surface area contributed by atoms with Crippen LogP contribution >= 0.6 is 0 Å². The van der Waals surface area contributed by atoms with Gasteiger partial charge in [-0.05, 0) is 31.8 Å². The van der Waals surface area contributed by atoms with Crippen molar-refractivity contribution < 1.29 is 24.1 Å². The summed E-state index contributed by atoms with van der Waals surface area (Å²) in [5.74, 6) is 0.156. The third-order valence-electron chi connectivity index (χ3n) is 5.36. The quantitative estimate of drug-likeness (QED) is 0.740. The zero-order chi connectivity index (χ0) is 16.8. The van der Waals surface area contributed by atoms with Crippen molar-refractivity contribution in [3.8, 4) is 0 Å². The maximum Gasteiger partial charge on any atom is 0.158 e. The Morgan fingerprint density at radius 2 is 2.04 bits per heavy atom. The fourth-order valence-corrected chi connectivity index (χ4v) is 4.19. The molecule has 0 spiro atoms. The van der Waals surface area contributed by atoms with Crippen molar-refractivity contribution in [2.45, 2.75) is 56.6 Å². The number of morpholine rings is 1. The summed E-state index contributed by atoms with van der Waals surface area (Å²) in [7, 11) is 1.65. The third kappa shape index (κ3) is 4.49. The molecule has 3 fully saturated rings. The fraction of sp³-hybridized carbons (Fsp3) is 0.889. The lowest BCUT2D eigenvalue weighted by atomic mass is 9.95. The van der Waals surface area contributed by atoms with Crippen LogP contribution in [0.5, 0.6) is 0 Å². The number of aliphatic hydroxyl groups excluding tert-OH is 1. The largest absolute Gasteiger partial charge is 0.505 e. The highest BCUT2D eigenvalue weighted by molar-refractivity contribution is 5.01. The molecule has 3 rings (SSSR count). The van der Waals surface area contributed by atoms with Crippen LogP contribution in [0.2, 0.25) is 0 Å². The van der Waals surface area contributed by atoms with Gasteiger partial charge in [0.2, 0.25) is 0 Å². The summed E-state index contributed by atoms with van der Waals surface area (Å²) in [6.07, 6.45) is 7.93. The number of hydrogen-bond acceptors (Lipinski definition) is 6. The van der Waals surface area contributed by atoms with Crippen LogP contribution in [0.3, 0.4) is 0 Å². The Morgan fingerprint density at radius 1 is 1.21 bits per heavy atom. The lowest BCUT2D eigenvalue weighted by Gasteiger charge is -2.39. The van der Waals surface area contributed by atoms with E-state index in [0.29, 0.717) is 6.42 Å². The number of allylic oxidation sites excluding steroid dienone is 1. The van der Waals surface area contributed by atoms with Gasteiger partial charge in [0.25, 0.3) is 0 Å². The Labute approximate surface area is 144 Å².